The molecule has 0 aromatic carbocycles. The van der Waals surface area contributed by atoms with Gasteiger partial charge in [-0.2, -0.15) is 0 Å². The van der Waals surface area contributed by atoms with Crippen LogP contribution in [0.4, 0.5) is 0 Å². The van der Waals surface area contributed by atoms with E-state index >= 15 is 0 Å². The first-order valence-corrected chi connectivity index (χ1v) is 7.98. The molecule has 0 bridgehead atoms. The Labute approximate surface area is 129 Å². The fourth-order valence-electron chi connectivity index (χ4n) is 1.98. The summed E-state index contributed by atoms with van der Waals surface area (Å²) in [5, 5.41) is 10.5. The van der Waals surface area contributed by atoms with Gasteiger partial charge < -0.3 is 15.2 Å². The van der Waals surface area contributed by atoms with Crippen LogP contribution < -0.4 is 10.6 Å². The smallest absolute Gasteiger partial charge is 0.191 e. The highest BCUT2D eigenvalue weighted by molar-refractivity contribution is 7.11. The molecule has 1 unspecified atom stereocenters. The lowest BCUT2D eigenvalue weighted by atomic mass is 10.2. The van der Waals surface area contributed by atoms with Crippen LogP contribution in [0.3, 0.4) is 0 Å². The zero-order valence-electron chi connectivity index (χ0n) is 12.7. The van der Waals surface area contributed by atoms with Gasteiger partial charge in [0, 0.05) is 34.8 Å². The molecular formula is C15H22N4OS. The van der Waals surface area contributed by atoms with E-state index in [4.69, 9.17) is 4.52 Å². The summed E-state index contributed by atoms with van der Waals surface area (Å²) in [7, 11) is 0. The molecule has 2 rings (SSSR count). The van der Waals surface area contributed by atoms with Crippen LogP contribution in [0, 0.1) is 6.92 Å². The summed E-state index contributed by atoms with van der Waals surface area (Å²) in [6.45, 7) is 7.69. The number of hydrogen-bond donors (Lipinski definition) is 2. The number of aromatic nitrogens is 1. The van der Waals surface area contributed by atoms with Gasteiger partial charge >= 0.3 is 0 Å². The van der Waals surface area contributed by atoms with Gasteiger partial charge in [0.25, 0.3) is 0 Å². The van der Waals surface area contributed by atoms with Gasteiger partial charge in [-0.15, -0.1) is 11.3 Å². The van der Waals surface area contributed by atoms with Crippen LogP contribution >= 0.6 is 11.3 Å². The van der Waals surface area contributed by atoms with Crippen molar-refractivity contribution in [2.75, 3.05) is 6.54 Å². The monoisotopic (exact) mass is 306 g/mol. The Bertz CT molecular complexity index is 562. The molecule has 114 valence electrons. The van der Waals surface area contributed by atoms with Gasteiger partial charge in [0.05, 0.1) is 6.54 Å². The molecule has 0 aliphatic carbocycles. The Kier molecular flexibility index (Phi) is 5.80. The number of rotatable bonds is 6. The van der Waals surface area contributed by atoms with Gasteiger partial charge in [0.2, 0.25) is 0 Å². The highest BCUT2D eigenvalue weighted by atomic mass is 32.1. The second kappa shape index (κ2) is 7.83. The maximum absolute atomic E-state index is 4.81. The predicted octanol–water partition coefficient (Wildman–Crippen LogP) is 2.73. The molecule has 0 aliphatic heterocycles. The molecule has 6 heteroatoms. The number of aryl methyl sites for hydroxylation is 1. The molecule has 2 aromatic heterocycles. The van der Waals surface area contributed by atoms with Crippen LogP contribution in [-0.2, 0) is 13.0 Å². The van der Waals surface area contributed by atoms with Gasteiger partial charge in [-0.05, 0) is 32.9 Å². The highest BCUT2D eigenvalue weighted by Crippen LogP contribution is 2.16. The lowest BCUT2D eigenvalue weighted by molar-refractivity contribution is 0.412. The average molecular weight is 306 g/mol. The zero-order valence-corrected chi connectivity index (χ0v) is 13.5. The van der Waals surface area contributed by atoms with Crippen molar-refractivity contribution in [3.63, 3.8) is 0 Å². The van der Waals surface area contributed by atoms with Crippen LogP contribution in [0.1, 0.15) is 29.3 Å². The molecule has 2 heterocycles. The van der Waals surface area contributed by atoms with Crippen LogP contribution in [0.25, 0.3) is 0 Å². The van der Waals surface area contributed by atoms with E-state index in [0.717, 1.165) is 24.6 Å². The first kappa shape index (κ1) is 15.6. The third-order valence-corrected chi connectivity index (χ3v) is 3.94. The summed E-state index contributed by atoms with van der Waals surface area (Å²) in [5.41, 5.74) is 0.828. The number of guanidine groups is 1. The molecular weight excluding hydrogens is 284 g/mol. The quantitative estimate of drug-likeness (QED) is 0.636. The Morgan fingerprint density at radius 2 is 2.29 bits per heavy atom. The van der Waals surface area contributed by atoms with Crippen molar-refractivity contribution in [1.29, 1.82) is 0 Å². The molecule has 2 aromatic rings. The third kappa shape index (κ3) is 5.23. The van der Waals surface area contributed by atoms with Crippen molar-refractivity contribution < 1.29 is 4.52 Å². The standard InChI is InChI=1S/C15H22N4OS/c1-4-16-15(17-10-13-7-8-20-19-13)18-11(2)9-14-6-5-12(3)21-14/h5-8,11H,4,9-10H2,1-3H3,(H2,16,17,18). The fourth-order valence-corrected chi connectivity index (χ4v) is 3.00. The molecule has 0 amide bonds. The first-order valence-electron chi connectivity index (χ1n) is 7.16. The number of hydrogen-bond acceptors (Lipinski definition) is 4. The topological polar surface area (TPSA) is 62.5 Å². The Hall–Kier alpha value is -1.82. The predicted molar refractivity (Wildman–Crippen MR) is 86.7 cm³/mol. The van der Waals surface area contributed by atoms with E-state index < -0.39 is 0 Å². The van der Waals surface area contributed by atoms with E-state index in [1.807, 2.05) is 17.4 Å². The minimum Gasteiger partial charge on any atom is -0.364 e. The van der Waals surface area contributed by atoms with Gasteiger partial charge in [0.15, 0.2) is 5.96 Å². The van der Waals surface area contributed by atoms with Crippen LogP contribution in [0.5, 0.6) is 0 Å². The molecule has 0 radical (unpaired) electrons. The normalized spacial score (nSPS) is 13.2. The van der Waals surface area contributed by atoms with Crippen molar-refractivity contribution >= 4 is 17.3 Å². The molecule has 0 fully saturated rings. The lowest BCUT2D eigenvalue weighted by Gasteiger charge is -2.17. The number of thiophene rings is 1. The van der Waals surface area contributed by atoms with Crippen molar-refractivity contribution in [3.8, 4) is 0 Å². The summed E-state index contributed by atoms with van der Waals surface area (Å²) in [6.07, 6.45) is 2.56. The summed E-state index contributed by atoms with van der Waals surface area (Å²) in [5.74, 6) is 0.807. The van der Waals surface area contributed by atoms with E-state index in [-0.39, 0.29) is 0 Å². The molecule has 2 N–H and O–H groups in total. The van der Waals surface area contributed by atoms with Gasteiger partial charge in [-0.25, -0.2) is 4.99 Å². The second-order valence-corrected chi connectivity index (χ2v) is 6.32. The van der Waals surface area contributed by atoms with Crippen molar-refractivity contribution in [3.05, 3.63) is 39.9 Å². The molecule has 21 heavy (non-hydrogen) atoms. The molecule has 0 saturated heterocycles. The number of nitrogens with zero attached hydrogens (tertiary/aromatic N) is 2. The maximum Gasteiger partial charge on any atom is 0.191 e. The van der Waals surface area contributed by atoms with Gasteiger partial charge in [0.1, 0.15) is 12.0 Å². The molecule has 0 saturated carbocycles. The van der Waals surface area contributed by atoms with Crippen LogP contribution in [0.15, 0.2) is 34.0 Å². The Balaban J connectivity index is 1.90. The summed E-state index contributed by atoms with van der Waals surface area (Å²) in [4.78, 5) is 7.26. The van der Waals surface area contributed by atoms with Gasteiger partial charge in [-0.3, -0.25) is 0 Å². The average Bonchev–Trinajstić information content (AvgIpc) is 3.08. The fraction of sp³-hybridized carbons (Fsp3) is 0.467. The summed E-state index contributed by atoms with van der Waals surface area (Å²) in [6, 6.07) is 6.50. The second-order valence-electron chi connectivity index (χ2n) is 4.95. The first-order chi connectivity index (χ1) is 10.2. The maximum atomic E-state index is 4.81. The molecule has 1 atom stereocenters. The molecule has 5 nitrogen and oxygen atoms in total. The zero-order chi connectivity index (χ0) is 15.1. The van der Waals surface area contributed by atoms with Crippen LogP contribution in [-0.4, -0.2) is 23.7 Å². The van der Waals surface area contributed by atoms with E-state index in [1.165, 1.54) is 9.75 Å². The highest BCUT2D eigenvalue weighted by Gasteiger charge is 2.08. The van der Waals surface area contributed by atoms with Crippen molar-refractivity contribution in [2.45, 2.75) is 39.8 Å². The Morgan fingerprint density at radius 3 is 2.90 bits per heavy atom. The van der Waals surface area contributed by atoms with Crippen molar-refractivity contribution in [2.24, 2.45) is 4.99 Å². The molecule has 0 aliphatic rings. The molecule has 0 spiro atoms. The van der Waals surface area contributed by atoms with Crippen molar-refractivity contribution in [1.82, 2.24) is 15.8 Å². The van der Waals surface area contributed by atoms with E-state index in [0.29, 0.717) is 12.6 Å². The minimum atomic E-state index is 0.318. The SMILES string of the molecule is CCNC(=NCc1ccon1)NC(C)Cc1ccc(C)s1. The number of aliphatic imine (C=N–C) groups is 1. The minimum absolute atomic E-state index is 0.318. The largest absolute Gasteiger partial charge is 0.364 e. The Morgan fingerprint density at radius 1 is 1.43 bits per heavy atom. The van der Waals surface area contributed by atoms with E-state index in [9.17, 15) is 0 Å². The van der Waals surface area contributed by atoms with E-state index in [1.54, 1.807) is 6.26 Å². The van der Waals surface area contributed by atoms with Gasteiger partial charge in [-0.1, -0.05) is 5.16 Å². The summed E-state index contributed by atoms with van der Waals surface area (Å²) < 4.78 is 4.81. The number of nitrogens with one attached hydrogen (secondary N) is 2. The third-order valence-electron chi connectivity index (χ3n) is 2.92. The van der Waals surface area contributed by atoms with Crippen LogP contribution in [0.2, 0.25) is 0 Å². The lowest BCUT2D eigenvalue weighted by Crippen LogP contribution is -2.43. The summed E-state index contributed by atoms with van der Waals surface area (Å²) >= 11 is 1.85. The van der Waals surface area contributed by atoms with E-state index in [2.05, 4.69) is 53.7 Å².